The molecule has 0 aliphatic carbocycles. The van der Waals surface area contributed by atoms with Gasteiger partial charge < -0.3 is 10.7 Å². The zero-order chi connectivity index (χ0) is 14.5. The lowest BCUT2D eigenvalue weighted by Gasteiger charge is -2.08. The molecule has 0 saturated carbocycles. The molecule has 4 N–H and O–H groups in total. The molecule has 0 fully saturated rings. The number of nitrogens with zero attached hydrogens (tertiary/aromatic N) is 2. The van der Waals surface area contributed by atoms with Gasteiger partial charge in [0.15, 0.2) is 5.82 Å². The van der Waals surface area contributed by atoms with Crippen molar-refractivity contribution < 1.29 is 4.79 Å². The maximum Gasteiger partial charge on any atom is 0.253 e. The summed E-state index contributed by atoms with van der Waals surface area (Å²) in [6.07, 6.45) is 4.85. The lowest BCUT2D eigenvalue weighted by molar-refractivity contribution is 0.0950. The molecule has 2 aromatic heterocycles. The minimum atomic E-state index is -0.251. The van der Waals surface area contributed by atoms with Gasteiger partial charge in [0.25, 0.3) is 5.91 Å². The molecule has 0 atom stereocenters. The second-order valence-electron chi connectivity index (χ2n) is 4.18. The molecule has 104 valence electrons. The smallest absolute Gasteiger partial charge is 0.253 e. The third-order valence-corrected chi connectivity index (χ3v) is 3.10. The third-order valence-electron chi connectivity index (χ3n) is 2.82. The van der Waals surface area contributed by atoms with Crippen LogP contribution in [-0.4, -0.2) is 15.9 Å². The van der Waals surface area contributed by atoms with Crippen LogP contribution >= 0.6 is 11.6 Å². The number of nitrogens with one attached hydrogen (secondary N) is 2. The van der Waals surface area contributed by atoms with E-state index in [1.54, 1.807) is 12.4 Å². The van der Waals surface area contributed by atoms with Gasteiger partial charge in [0.1, 0.15) is 0 Å². The second-order valence-corrected chi connectivity index (χ2v) is 4.59. The SMILES string of the molecule is Cc1cnccc1CNC(=O)c1cnc(NN)c(Cl)c1. The van der Waals surface area contributed by atoms with Crippen LogP contribution in [0.15, 0.2) is 30.7 Å². The molecule has 6 nitrogen and oxygen atoms in total. The molecule has 1 amide bonds. The Morgan fingerprint density at radius 1 is 1.45 bits per heavy atom. The summed E-state index contributed by atoms with van der Waals surface area (Å²) in [6.45, 7) is 2.36. The number of rotatable bonds is 4. The topological polar surface area (TPSA) is 92.9 Å². The van der Waals surface area contributed by atoms with E-state index in [0.29, 0.717) is 22.9 Å². The fourth-order valence-corrected chi connectivity index (χ4v) is 1.87. The molecule has 2 rings (SSSR count). The maximum atomic E-state index is 12.0. The highest BCUT2D eigenvalue weighted by molar-refractivity contribution is 6.33. The molecule has 0 bridgehead atoms. The van der Waals surface area contributed by atoms with Crippen LogP contribution in [0.1, 0.15) is 21.5 Å². The van der Waals surface area contributed by atoms with Crippen LogP contribution in [-0.2, 0) is 6.54 Å². The number of pyridine rings is 2. The Balaban J connectivity index is 2.05. The average Bonchev–Trinajstić information content (AvgIpc) is 2.46. The van der Waals surface area contributed by atoms with Crippen molar-refractivity contribution in [3.63, 3.8) is 0 Å². The number of halogens is 1. The van der Waals surface area contributed by atoms with Crippen LogP contribution in [0, 0.1) is 6.92 Å². The number of aryl methyl sites for hydroxylation is 1. The molecule has 20 heavy (non-hydrogen) atoms. The zero-order valence-electron chi connectivity index (χ0n) is 10.9. The van der Waals surface area contributed by atoms with E-state index in [4.69, 9.17) is 17.4 Å². The first-order chi connectivity index (χ1) is 9.61. The Hall–Kier alpha value is -2.18. The van der Waals surface area contributed by atoms with Crippen LogP contribution in [0.25, 0.3) is 0 Å². The number of hydrogen-bond donors (Lipinski definition) is 3. The number of carbonyl (C=O) groups excluding carboxylic acids is 1. The lowest BCUT2D eigenvalue weighted by atomic mass is 10.1. The minimum Gasteiger partial charge on any atom is -0.348 e. The standard InChI is InChI=1S/C13H14ClN5O/c1-8-5-16-3-2-9(8)6-18-13(20)10-4-11(14)12(19-15)17-7-10/h2-5,7H,6,15H2,1H3,(H,17,19)(H,18,20). The Morgan fingerprint density at radius 3 is 2.90 bits per heavy atom. The first-order valence-corrected chi connectivity index (χ1v) is 6.29. The Bertz CT molecular complexity index is 632. The van der Waals surface area contributed by atoms with Crippen LogP contribution in [0.3, 0.4) is 0 Å². The molecule has 0 spiro atoms. The summed E-state index contributed by atoms with van der Waals surface area (Å²) in [5.41, 5.74) is 4.75. The summed E-state index contributed by atoms with van der Waals surface area (Å²) >= 11 is 5.92. The van der Waals surface area contributed by atoms with Crippen molar-refractivity contribution in [2.24, 2.45) is 5.84 Å². The Morgan fingerprint density at radius 2 is 2.25 bits per heavy atom. The van der Waals surface area contributed by atoms with E-state index in [2.05, 4.69) is 20.7 Å². The van der Waals surface area contributed by atoms with Gasteiger partial charge in [-0.1, -0.05) is 11.6 Å². The highest BCUT2D eigenvalue weighted by Gasteiger charge is 2.09. The summed E-state index contributed by atoms with van der Waals surface area (Å²) in [7, 11) is 0. The lowest BCUT2D eigenvalue weighted by Crippen LogP contribution is -2.23. The second kappa shape index (κ2) is 6.31. The van der Waals surface area contributed by atoms with Crippen LogP contribution < -0.4 is 16.6 Å². The van der Waals surface area contributed by atoms with Gasteiger partial charge in [-0.25, -0.2) is 10.8 Å². The van der Waals surface area contributed by atoms with E-state index in [-0.39, 0.29) is 5.91 Å². The molecular weight excluding hydrogens is 278 g/mol. The zero-order valence-corrected chi connectivity index (χ0v) is 11.6. The number of nitrogen functional groups attached to an aromatic ring is 1. The van der Waals surface area contributed by atoms with E-state index in [1.807, 2.05) is 13.0 Å². The van der Waals surface area contributed by atoms with Crippen molar-refractivity contribution in [2.45, 2.75) is 13.5 Å². The molecule has 0 aliphatic heterocycles. The number of aromatic nitrogens is 2. The van der Waals surface area contributed by atoms with Crippen molar-refractivity contribution in [3.8, 4) is 0 Å². The van der Waals surface area contributed by atoms with Crippen LogP contribution in [0.2, 0.25) is 5.02 Å². The van der Waals surface area contributed by atoms with Crippen molar-refractivity contribution in [3.05, 3.63) is 52.4 Å². The summed E-state index contributed by atoms with van der Waals surface area (Å²) in [6, 6.07) is 3.38. The van der Waals surface area contributed by atoms with E-state index in [9.17, 15) is 4.79 Å². The molecular formula is C13H14ClN5O. The van der Waals surface area contributed by atoms with Gasteiger partial charge in [-0.05, 0) is 30.2 Å². The molecule has 0 unspecified atom stereocenters. The number of amides is 1. The van der Waals surface area contributed by atoms with Crippen LogP contribution in [0.4, 0.5) is 5.82 Å². The molecule has 0 radical (unpaired) electrons. The largest absolute Gasteiger partial charge is 0.348 e. The van der Waals surface area contributed by atoms with E-state index in [1.165, 1.54) is 12.3 Å². The van der Waals surface area contributed by atoms with Gasteiger partial charge in [-0.2, -0.15) is 0 Å². The van der Waals surface area contributed by atoms with Crippen molar-refractivity contribution in [2.75, 3.05) is 5.43 Å². The van der Waals surface area contributed by atoms with Crippen molar-refractivity contribution in [1.82, 2.24) is 15.3 Å². The predicted octanol–water partition coefficient (Wildman–Crippen LogP) is 1.65. The van der Waals surface area contributed by atoms with E-state index < -0.39 is 0 Å². The van der Waals surface area contributed by atoms with E-state index in [0.717, 1.165) is 11.1 Å². The fraction of sp³-hybridized carbons (Fsp3) is 0.154. The maximum absolute atomic E-state index is 12.0. The first-order valence-electron chi connectivity index (χ1n) is 5.91. The molecule has 0 aromatic carbocycles. The van der Waals surface area contributed by atoms with E-state index >= 15 is 0 Å². The quantitative estimate of drug-likeness (QED) is 0.588. The number of anilines is 1. The normalized spacial score (nSPS) is 10.2. The monoisotopic (exact) mass is 291 g/mol. The molecule has 0 aliphatic rings. The number of carbonyl (C=O) groups is 1. The van der Waals surface area contributed by atoms with Gasteiger partial charge in [0, 0.05) is 25.1 Å². The van der Waals surface area contributed by atoms with Crippen LogP contribution in [0.5, 0.6) is 0 Å². The molecule has 7 heteroatoms. The Kier molecular flexibility index (Phi) is 4.49. The predicted molar refractivity (Wildman–Crippen MR) is 77.2 cm³/mol. The van der Waals surface area contributed by atoms with Gasteiger partial charge >= 0.3 is 0 Å². The number of hydrazine groups is 1. The highest BCUT2D eigenvalue weighted by Crippen LogP contribution is 2.18. The van der Waals surface area contributed by atoms with Gasteiger partial charge in [-0.15, -0.1) is 0 Å². The minimum absolute atomic E-state index is 0.251. The first kappa shape index (κ1) is 14.2. The van der Waals surface area contributed by atoms with Crippen molar-refractivity contribution in [1.29, 1.82) is 0 Å². The van der Waals surface area contributed by atoms with Crippen molar-refractivity contribution >= 4 is 23.3 Å². The highest BCUT2D eigenvalue weighted by atomic mass is 35.5. The fourth-order valence-electron chi connectivity index (χ4n) is 1.65. The summed E-state index contributed by atoms with van der Waals surface area (Å²) in [4.78, 5) is 20.0. The van der Waals surface area contributed by atoms with Gasteiger partial charge in [-0.3, -0.25) is 9.78 Å². The Labute approximate surface area is 121 Å². The number of hydrogen-bond acceptors (Lipinski definition) is 5. The molecule has 2 heterocycles. The summed E-state index contributed by atoms with van der Waals surface area (Å²) < 4.78 is 0. The average molecular weight is 292 g/mol. The summed E-state index contributed by atoms with van der Waals surface area (Å²) in [5.74, 6) is 5.30. The number of nitrogens with two attached hydrogens (primary N) is 1. The third kappa shape index (κ3) is 3.23. The molecule has 2 aromatic rings. The van der Waals surface area contributed by atoms with Gasteiger partial charge in [0.05, 0.1) is 10.6 Å². The molecule has 0 saturated heterocycles. The summed E-state index contributed by atoms with van der Waals surface area (Å²) in [5, 5.41) is 3.10. The van der Waals surface area contributed by atoms with Gasteiger partial charge in [0.2, 0.25) is 0 Å².